The number of allylic oxidation sites excluding steroid dienone is 1. The van der Waals surface area contributed by atoms with E-state index >= 15 is 0 Å². The maximum Gasteiger partial charge on any atom is 0.330 e. The molecule has 0 N–H and O–H groups in total. The van der Waals surface area contributed by atoms with Crippen molar-refractivity contribution in [2.45, 2.75) is 97.3 Å². The van der Waals surface area contributed by atoms with Crippen molar-refractivity contribution in [1.82, 2.24) is 0 Å². The highest BCUT2D eigenvalue weighted by Gasteiger charge is 1.98. The van der Waals surface area contributed by atoms with Gasteiger partial charge >= 0.3 is 5.97 Å². The Balaban J connectivity index is 3.16. The van der Waals surface area contributed by atoms with E-state index in [1.165, 1.54) is 89.7 Å². The number of hydrogen-bond acceptors (Lipinski definition) is 3. The average Bonchev–Trinajstić information content (AvgIpc) is 2.53. The standard InChI is InChI=1S/C20H36O3/c1-3-4-5-6-7-8-9-10-11-12-13-14-15-18-23-20(22)17-16-19(2)21/h16-17H,3-15,18H2,1-2H3. The molecule has 0 aliphatic rings. The molecule has 134 valence electrons. The van der Waals surface area contributed by atoms with Gasteiger partial charge in [-0.3, -0.25) is 4.79 Å². The van der Waals surface area contributed by atoms with E-state index in [0.29, 0.717) is 6.61 Å². The fourth-order valence-electron chi connectivity index (χ4n) is 2.53. The summed E-state index contributed by atoms with van der Waals surface area (Å²) in [4.78, 5) is 21.9. The Hall–Kier alpha value is -1.12. The van der Waals surface area contributed by atoms with Crippen molar-refractivity contribution >= 4 is 11.8 Å². The SMILES string of the molecule is CCCCCCCCCCCCCCCOC(=O)C=CC(C)=O. The van der Waals surface area contributed by atoms with Crippen LogP contribution in [0.5, 0.6) is 0 Å². The third-order valence-corrected chi connectivity index (χ3v) is 3.95. The number of ether oxygens (including phenoxy) is 1. The highest BCUT2D eigenvalue weighted by Crippen LogP contribution is 2.12. The Morgan fingerprint density at radius 2 is 1.13 bits per heavy atom. The van der Waals surface area contributed by atoms with E-state index in [4.69, 9.17) is 4.74 Å². The molecular formula is C20H36O3. The van der Waals surface area contributed by atoms with Crippen molar-refractivity contribution in [3.05, 3.63) is 12.2 Å². The predicted octanol–water partition coefficient (Wildman–Crippen LogP) is 5.77. The van der Waals surface area contributed by atoms with Crippen LogP contribution in [0.1, 0.15) is 97.3 Å². The Morgan fingerprint density at radius 1 is 0.696 bits per heavy atom. The molecule has 0 spiro atoms. The summed E-state index contributed by atoms with van der Waals surface area (Å²) in [6.45, 7) is 4.13. The van der Waals surface area contributed by atoms with Crippen molar-refractivity contribution in [1.29, 1.82) is 0 Å². The number of ketones is 1. The average molecular weight is 325 g/mol. The van der Waals surface area contributed by atoms with Crippen molar-refractivity contribution in [3.63, 3.8) is 0 Å². The monoisotopic (exact) mass is 324 g/mol. The number of esters is 1. The number of hydrogen-bond donors (Lipinski definition) is 0. The first-order valence-electron chi connectivity index (χ1n) is 9.52. The number of rotatable bonds is 16. The van der Waals surface area contributed by atoms with E-state index < -0.39 is 5.97 Å². The van der Waals surface area contributed by atoms with Gasteiger partial charge in [0.1, 0.15) is 0 Å². The lowest BCUT2D eigenvalue weighted by molar-refractivity contribution is -0.138. The Morgan fingerprint density at radius 3 is 1.57 bits per heavy atom. The quantitative estimate of drug-likeness (QED) is 0.206. The summed E-state index contributed by atoms with van der Waals surface area (Å²) in [5.74, 6) is -0.554. The lowest BCUT2D eigenvalue weighted by atomic mass is 10.0. The van der Waals surface area contributed by atoms with Crippen LogP contribution >= 0.6 is 0 Å². The second kappa shape index (κ2) is 17.2. The molecule has 0 aromatic carbocycles. The van der Waals surface area contributed by atoms with Crippen LogP contribution in [0.4, 0.5) is 0 Å². The highest BCUT2D eigenvalue weighted by atomic mass is 16.5. The summed E-state index contributed by atoms with van der Waals surface area (Å²) in [6, 6.07) is 0. The van der Waals surface area contributed by atoms with E-state index in [0.717, 1.165) is 12.8 Å². The van der Waals surface area contributed by atoms with Crippen LogP contribution in [0, 0.1) is 0 Å². The molecule has 0 aliphatic heterocycles. The van der Waals surface area contributed by atoms with Gasteiger partial charge in [-0.1, -0.05) is 84.0 Å². The molecule has 0 radical (unpaired) electrons. The summed E-state index contributed by atoms with van der Waals surface area (Å²) in [6.07, 6.45) is 19.4. The van der Waals surface area contributed by atoms with Gasteiger partial charge in [0.15, 0.2) is 5.78 Å². The summed E-state index contributed by atoms with van der Waals surface area (Å²) < 4.78 is 5.01. The fourth-order valence-corrected chi connectivity index (χ4v) is 2.53. The Labute approximate surface area is 142 Å². The second-order valence-electron chi connectivity index (χ2n) is 6.35. The first kappa shape index (κ1) is 21.9. The van der Waals surface area contributed by atoms with Crippen LogP contribution in [-0.4, -0.2) is 18.4 Å². The maximum atomic E-state index is 11.2. The van der Waals surface area contributed by atoms with Crippen molar-refractivity contribution in [3.8, 4) is 0 Å². The van der Waals surface area contributed by atoms with Gasteiger partial charge < -0.3 is 4.74 Å². The molecule has 0 heterocycles. The van der Waals surface area contributed by atoms with Crippen molar-refractivity contribution in [2.75, 3.05) is 6.61 Å². The van der Waals surface area contributed by atoms with Crippen LogP contribution in [0.15, 0.2) is 12.2 Å². The Kier molecular flexibility index (Phi) is 16.4. The molecule has 0 fully saturated rings. The van der Waals surface area contributed by atoms with E-state index in [2.05, 4.69) is 6.92 Å². The summed E-state index contributed by atoms with van der Waals surface area (Å²) >= 11 is 0. The van der Waals surface area contributed by atoms with Crippen LogP contribution in [0.2, 0.25) is 0 Å². The van der Waals surface area contributed by atoms with Gasteiger partial charge in [0.2, 0.25) is 0 Å². The zero-order chi connectivity index (χ0) is 17.2. The molecule has 0 aliphatic carbocycles. The third kappa shape index (κ3) is 18.8. The Bertz CT molecular complexity index is 321. The van der Waals surface area contributed by atoms with Crippen molar-refractivity contribution in [2.24, 2.45) is 0 Å². The van der Waals surface area contributed by atoms with Gasteiger partial charge in [-0.15, -0.1) is 0 Å². The van der Waals surface area contributed by atoms with Gasteiger partial charge in [0.05, 0.1) is 6.61 Å². The highest BCUT2D eigenvalue weighted by molar-refractivity contribution is 5.94. The molecule has 0 amide bonds. The minimum Gasteiger partial charge on any atom is -0.463 e. The van der Waals surface area contributed by atoms with E-state index in [1.54, 1.807) is 0 Å². The lowest BCUT2D eigenvalue weighted by Gasteiger charge is -2.03. The molecule has 23 heavy (non-hydrogen) atoms. The second-order valence-corrected chi connectivity index (χ2v) is 6.35. The molecule has 0 aromatic rings. The minimum absolute atomic E-state index is 0.136. The van der Waals surface area contributed by atoms with Gasteiger partial charge in [0.25, 0.3) is 0 Å². The number of carbonyl (C=O) groups excluding carboxylic acids is 2. The number of unbranched alkanes of at least 4 members (excludes halogenated alkanes) is 12. The normalized spacial score (nSPS) is 11.0. The van der Waals surface area contributed by atoms with Crippen LogP contribution in [0.25, 0.3) is 0 Å². The third-order valence-electron chi connectivity index (χ3n) is 3.95. The van der Waals surface area contributed by atoms with Gasteiger partial charge in [-0.25, -0.2) is 4.79 Å². The topological polar surface area (TPSA) is 43.4 Å². The van der Waals surface area contributed by atoms with Gasteiger partial charge in [-0.2, -0.15) is 0 Å². The molecule has 3 heteroatoms. The zero-order valence-electron chi connectivity index (χ0n) is 15.3. The molecule has 0 bridgehead atoms. The molecule has 0 saturated heterocycles. The maximum absolute atomic E-state index is 11.2. The number of carbonyl (C=O) groups is 2. The van der Waals surface area contributed by atoms with E-state index in [9.17, 15) is 9.59 Å². The first-order valence-corrected chi connectivity index (χ1v) is 9.52. The molecule has 0 unspecified atom stereocenters. The van der Waals surface area contributed by atoms with Crippen LogP contribution in [-0.2, 0) is 14.3 Å². The van der Waals surface area contributed by atoms with E-state index in [-0.39, 0.29) is 5.78 Å². The smallest absolute Gasteiger partial charge is 0.330 e. The molecule has 0 rings (SSSR count). The first-order chi connectivity index (χ1) is 11.2. The lowest BCUT2D eigenvalue weighted by Crippen LogP contribution is -2.02. The van der Waals surface area contributed by atoms with Crippen molar-refractivity contribution < 1.29 is 14.3 Å². The minimum atomic E-state index is -0.417. The zero-order valence-corrected chi connectivity index (χ0v) is 15.3. The summed E-state index contributed by atoms with van der Waals surface area (Å²) in [7, 11) is 0. The predicted molar refractivity (Wildman–Crippen MR) is 96.5 cm³/mol. The largest absolute Gasteiger partial charge is 0.463 e. The summed E-state index contributed by atoms with van der Waals surface area (Å²) in [5.41, 5.74) is 0. The van der Waals surface area contributed by atoms with Gasteiger partial charge in [-0.05, 0) is 19.4 Å². The van der Waals surface area contributed by atoms with Crippen LogP contribution < -0.4 is 0 Å². The fraction of sp³-hybridized carbons (Fsp3) is 0.800. The molecule has 0 atom stereocenters. The molecule has 0 aromatic heterocycles. The molecular weight excluding hydrogens is 288 g/mol. The van der Waals surface area contributed by atoms with E-state index in [1.807, 2.05) is 0 Å². The summed E-state index contributed by atoms with van der Waals surface area (Å²) in [5, 5.41) is 0. The molecule has 3 nitrogen and oxygen atoms in total. The van der Waals surface area contributed by atoms with Gasteiger partial charge in [0, 0.05) is 6.08 Å². The molecule has 0 saturated carbocycles. The van der Waals surface area contributed by atoms with Crippen LogP contribution in [0.3, 0.4) is 0 Å².